The maximum Gasteiger partial charge on any atom is 0.412 e. The van der Waals surface area contributed by atoms with Gasteiger partial charge < -0.3 is 20.3 Å². The quantitative estimate of drug-likeness (QED) is 0.777. The molecular weight excluding hydrogens is 413 g/mol. The second-order valence-corrected chi connectivity index (χ2v) is 7.76. The van der Waals surface area contributed by atoms with Crippen LogP contribution in [0.15, 0.2) is 48.5 Å². The second-order valence-electron chi connectivity index (χ2n) is 7.32. The standard InChI is InChI=1S/C21H19ClFN3O4/c22-13-3-1-12(2-4-13)9-17-20(28)26-11-15(10-18(26)19(27)25-17)24-21(29)30-16-7-5-14(23)6-8-16/h1-8,15,17-18H,9-11H2,(H,24,29)(H,25,27)/t15-,17-,18-/m0/s1. The van der Waals surface area contributed by atoms with Crippen LogP contribution in [0.2, 0.25) is 5.02 Å². The summed E-state index contributed by atoms with van der Waals surface area (Å²) in [7, 11) is 0. The van der Waals surface area contributed by atoms with Crippen LogP contribution in [0.3, 0.4) is 0 Å². The lowest BCUT2D eigenvalue weighted by molar-refractivity contribution is -0.147. The van der Waals surface area contributed by atoms with Gasteiger partial charge in [-0.1, -0.05) is 23.7 Å². The predicted octanol–water partition coefficient (Wildman–Crippen LogP) is 2.28. The number of rotatable bonds is 4. The summed E-state index contributed by atoms with van der Waals surface area (Å²) < 4.78 is 18.1. The number of carbonyl (C=O) groups is 3. The van der Waals surface area contributed by atoms with Gasteiger partial charge in [0.05, 0.1) is 6.04 Å². The van der Waals surface area contributed by atoms with Gasteiger partial charge >= 0.3 is 6.09 Å². The first-order chi connectivity index (χ1) is 14.4. The average molecular weight is 432 g/mol. The van der Waals surface area contributed by atoms with E-state index in [0.29, 0.717) is 17.9 Å². The normalized spacial score (nSPS) is 23.0. The van der Waals surface area contributed by atoms with Crippen LogP contribution < -0.4 is 15.4 Å². The summed E-state index contributed by atoms with van der Waals surface area (Å²) in [6.07, 6.45) is -0.0728. The van der Waals surface area contributed by atoms with Gasteiger partial charge in [0.25, 0.3) is 0 Å². The number of hydrogen-bond donors (Lipinski definition) is 2. The van der Waals surface area contributed by atoms with Crippen LogP contribution in [0.4, 0.5) is 9.18 Å². The largest absolute Gasteiger partial charge is 0.412 e. The average Bonchev–Trinajstić information content (AvgIpc) is 3.14. The number of nitrogens with zero attached hydrogens (tertiary/aromatic N) is 1. The van der Waals surface area contributed by atoms with E-state index >= 15 is 0 Å². The first kappa shape index (κ1) is 20.2. The summed E-state index contributed by atoms with van der Waals surface area (Å²) in [6, 6.07) is 10.4. The summed E-state index contributed by atoms with van der Waals surface area (Å²) >= 11 is 5.89. The second kappa shape index (κ2) is 8.31. The van der Waals surface area contributed by atoms with Crippen LogP contribution in [0, 0.1) is 5.82 Å². The molecule has 3 atom stereocenters. The molecule has 0 unspecified atom stereocenters. The van der Waals surface area contributed by atoms with Crippen LogP contribution in [0.5, 0.6) is 5.75 Å². The fourth-order valence-electron chi connectivity index (χ4n) is 3.76. The van der Waals surface area contributed by atoms with Crippen LogP contribution in [-0.4, -0.2) is 47.5 Å². The van der Waals surface area contributed by atoms with E-state index in [1.54, 1.807) is 12.1 Å². The van der Waals surface area contributed by atoms with Crippen molar-refractivity contribution in [1.29, 1.82) is 0 Å². The zero-order valence-corrected chi connectivity index (χ0v) is 16.6. The fourth-order valence-corrected chi connectivity index (χ4v) is 3.89. The molecule has 30 heavy (non-hydrogen) atoms. The maximum atomic E-state index is 12.9. The molecule has 9 heteroatoms. The molecule has 0 aromatic heterocycles. The highest BCUT2D eigenvalue weighted by Gasteiger charge is 2.46. The summed E-state index contributed by atoms with van der Waals surface area (Å²) in [6.45, 7) is 0.215. The van der Waals surface area contributed by atoms with Crippen molar-refractivity contribution in [2.75, 3.05) is 6.54 Å². The molecule has 0 radical (unpaired) electrons. The number of halogens is 2. The van der Waals surface area contributed by atoms with Crippen molar-refractivity contribution in [1.82, 2.24) is 15.5 Å². The van der Waals surface area contributed by atoms with Gasteiger partial charge in [0.15, 0.2) is 0 Å². The molecule has 2 aliphatic heterocycles. The first-order valence-corrected chi connectivity index (χ1v) is 9.86. The Morgan fingerprint density at radius 1 is 1.17 bits per heavy atom. The molecule has 0 bridgehead atoms. The first-order valence-electron chi connectivity index (χ1n) is 9.48. The fraction of sp³-hybridized carbons (Fsp3) is 0.286. The Balaban J connectivity index is 1.36. The maximum absolute atomic E-state index is 12.9. The number of piperazine rings is 1. The Labute approximate surface area is 177 Å². The molecule has 2 aliphatic rings. The van der Waals surface area contributed by atoms with Crippen LogP contribution in [0.1, 0.15) is 12.0 Å². The molecule has 0 saturated carbocycles. The lowest BCUT2D eigenvalue weighted by atomic mass is 10.0. The molecule has 0 aliphatic carbocycles. The summed E-state index contributed by atoms with van der Waals surface area (Å²) in [5, 5.41) is 6.04. The van der Waals surface area contributed by atoms with E-state index in [-0.39, 0.29) is 24.1 Å². The van der Waals surface area contributed by atoms with E-state index in [4.69, 9.17) is 16.3 Å². The smallest absolute Gasteiger partial charge is 0.410 e. The Morgan fingerprint density at radius 2 is 1.87 bits per heavy atom. The number of hydrogen-bond acceptors (Lipinski definition) is 4. The van der Waals surface area contributed by atoms with Crippen molar-refractivity contribution in [2.24, 2.45) is 0 Å². The number of carbonyl (C=O) groups excluding carboxylic acids is 3. The molecule has 7 nitrogen and oxygen atoms in total. The third kappa shape index (κ3) is 4.38. The highest BCUT2D eigenvalue weighted by atomic mass is 35.5. The Bertz CT molecular complexity index is 967. The van der Waals surface area contributed by atoms with Crippen molar-refractivity contribution < 1.29 is 23.5 Å². The molecule has 2 aromatic carbocycles. The van der Waals surface area contributed by atoms with Crippen LogP contribution >= 0.6 is 11.6 Å². The van der Waals surface area contributed by atoms with Crippen molar-refractivity contribution in [3.8, 4) is 5.75 Å². The highest BCUT2D eigenvalue weighted by molar-refractivity contribution is 6.30. The summed E-state index contributed by atoms with van der Waals surface area (Å²) in [5.41, 5.74) is 0.883. The van der Waals surface area contributed by atoms with Gasteiger partial charge in [-0.25, -0.2) is 9.18 Å². The van der Waals surface area contributed by atoms with Crippen molar-refractivity contribution in [3.63, 3.8) is 0 Å². The molecular formula is C21H19ClFN3O4. The van der Waals surface area contributed by atoms with Gasteiger partial charge in [-0.2, -0.15) is 0 Å². The third-order valence-electron chi connectivity index (χ3n) is 5.20. The van der Waals surface area contributed by atoms with Crippen LogP contribution in [0.25, 0.3) is 0 Å². The van der Waals surface area contributed by atoms with E-state index in [9.17, 15) is 18.8 Å². The van der Waals surface area contributed by atoms with E-state index in [0.717, 1.165) is 5.56 Å². The molecule has 3 amide bonds. The number of ether oxygens (including phenoxy) is 1. The van der Waals surface area contributed by atoms with Gasteiger partial charge in [0.1, 0.15) is 23.7 Å². The monoisotopic (exact) mass is 431 g/mol. The molecule has 0 spiro atoms. The SMILES string of the molecule is O=C(N[C@H]1C[C@H]2C(=O)N[C@@H](Cc3ccc(Cl)cc3)C(=O)N2C1)Oc1ccc(F)cc1. The number of fused-ring (bicyclic) bond motifs is 1. The third-order valence-corrected chi connectivity index (χ3v) is 5.45. The number of benzene rings is 2. The lowest BCUT2D eigenvalue weighted by Crippen LogP contribution is -2.61. The molecule has 4 rings (SSSR count). The number of amides is 3. The molecule has 156 valence electrons. The van der Waals surface area contributed by atoms with Gasteiger partial charge in [0, 0.05) is 18.0 Å². The molecule has 2 heterocycles. The molecule has 2 N–H and O–H groups in total. The summed E-state index contributed by atoms with van der Waals surface area (Å²) in [4.78, 5) is 39.0. The van der Waals surface area contributed by atoms with Crippen molar-refractivity contribution >= 4 is 29.5 Å². The predicted molar refractivity (Wildman–Crippen MR) is 107 cm³/mol. The Hall–Kier alpha value is -3.13. The molecule has 2 saturated heterocycles. The zero-order valence-electron chi connectivity index (χ0n) is 15.8. The van der Waals surface area contributed by atoms with E-state index in [1.165, 1.54) is 29.2 Å². The Morgan fingerprint density at radius 3 is 2.57 bits per heavy atom. The van der Waals surface area contributed by atoms with Crippen LogP contribution in [-0.2, 0) is 16.0 Å². The van der Waals surface area contributed by atoms with E-state index in [2.05, 4.69) is 10.6 Å². The zero-order chi connectivity index (χ0) is 21.3. The minimum Gasteiger partial charge on any atom is -0.410 e. The minimum absolute atomic E-state index is 0.189. The topological polar surface area (TPSA) is 87.7 Å². The number of nitrogens with one attached hydrogen (secondary N) is 2. The van der Waals surface area contributed by atoms with E-state index in [1.807, 2.05) is 12.1 Å². The molecule has 2 fully saturated rings. The Kier molecular flexibility index (Phi) is 5.59. The summed E-state index contributed by atoms with van der Waals surface area (Å²) in [5.74, 6) is -0.676. The van der Waals surface area contributed by atoms with E-state index < -0.39 is 30.0 Å². The lowest BCUT2D eigenvalue weighted by Gasteiger charge is -2.34. The molecule has 2 aromatic rings. The van der Waals surface area contributed by atoms with Crippen molar-refractivity contribution in [2.45, 2.75) is 31.0 Å². The minimum atomic E-state index is -0.725. The van der Waals surface area contributed by atoms with Crippen molar-refractivity contribution in [3.05, 3.63) is 64.9 Å². The van der Waals surface area contributed by atoms with Gasteiger partial charge in [0.2, 0.25) is 11.8 Å². The van der Waals surface area contributed by atoms with Gasteiger partial charge in [-0.05, 0) is 48.4 Å². The highest BCUT2D eigenvalue weighted by Crippen LogP contribution is 2.24. The van der Waals surface area contributed by atoms with Gasteiger partial charge in [-0.15, -0.1) is 0 Å². The van der Waals surface area contributed by atoms with Gasteiger partial charge in [-0.3, -0.25) is 9.59 Å².